The van der Waals surface area contributed by atoms with Crippen molar-refractivity contribution in [3.05, 3.63) is 71.3 Å². The second-order valence-electron chi connectivity index (χ2n) is 6.22. The Kier molecular flexibility index (Phi) is 8.77. The van der Waals surface area contributed by atoms with E-state index >= 15 is 0 Å². The van der Waals surface area contributed by atoms with Crippen molar-refractivity contribution in [1.82, 2.24) is 0 Å². The molecule has 0 aliphatic carbocycles. The third-order valence-corrected chi connectivity index (χ3v) is 4.00. The van der Waals surface area contributed by atoms with Crippen LogP contribution in [0.25, 0.3) is 0 Å². The van der Waals surface area contributed by atoms with Crippen molar-refractivity contribution < 1.29 is 30.0 Å². The first kappa shape index (κ1) is 22.5. The van der Waals surface area contributed by atoms with Crippen molar-refractivity contribution in [3.63, 3.8) is 0 Å². The van der Waals surface area contributed by atoms with Crippen molar-refractivity contribution >= 4 is 11.8 Å². The molecule has 0 bridgehead atoms. The fourth-order valence-corrected chi connectivity index (χ4v) is 2.00. The SMILES string of the molecule is C[C@@H](C(=O)O)c1cccc(C(=O)c2ccccc2)c1.NC(CO)(CO)CO. The van der Waals surface area contributed by atoms with Crippen molar-refractivity contribution in [1.29, 1.82) is 0 Å². The summed E-state index contributed by atoms with van der Waals surface area (Å²) in [7, 11) is 0. The standard InChI is InChI=1S/C16H14O3.C4H11NO3/c1-11(16(18)19)13-8-5-9-14(10-13)15(17)12-6-3-2-4-7-12;5-4(1-6,2-7)3-8/h2-11H,1H3,(H,18,19);6-8H,1-3,5H2/t11-;/m1./s1. The van der Waals surface area contributed by atoms with Gasteiger partial charge in [0.1, 0.15) is 0 Å². The molecule has 0 saturated heterocycles. The number of carbonyl (C=O) groups is 2. The van der Waals surface area contributed by atoms with E-state index in [9.17, 15) is 9.59 Å². The fraction of sp³-hybridized carbons (Fsp3) is 0.300. The highest BCUT2D eigenvalue weighted by molar-refractivity contribution is 6.09. The zero-order chi connectivity index (χ0) is 20.4. The minimum absolute atomic E-state index is 0.0972. The molecule has 0 unspecified atom stereocenters. The first-order chi connectivity index (χ1) is 12.8. The number of ketones is 1. The summed E-state index contributed by atoms with van der Waals surface area (Å²) in [6.07, 6.45) is 0. The van der Waals surface area contributed by atoms with E-state index in [-0.39, 0.29) is 5.78 Å². The van der Waals surface area contributed by atoms with E-state index in [1.165, 1.54) is 0 Å². The van der Waals surface area contributed by atoms with Gasteiger partial charge < -0.3 is 26.2 Å². The number of rotatable bonds is 7. The van der Waals surface area contributed by atoms with Crippen LogP contribution in [0, 0.1) is 0 Å². The lowest BCUT2D eigenvalue weighted by Crippen LogP contribution is -2.50. The Morgan fingerprint density at radius 2 is 1.44 bits per heavy atom. The van der Waals surface area contributed by atoms with E-state index in [2.05, 4.69) is 0 Å². The minimum Gasteiger partial charge on any atom is -0.481 e. The third kappa shape index (κ3) is 6.58. The molecule has 1 atom stereocenters. The van der Waals surface area contributed by atoms with E-state index in [1.807, 2.05) is 6.07 Å². The van der Waals surface area contributed by atoms with Crippen LogP contribution in [0.15, 0.2) is 54.6 Å². The van der Waals surface area contributed by atoms with E-state index in [0.29, 0.717) is 16.7 Å². The molecule has 0 saturated carbocycles. The molecule has 0 heterocycles. The number of hydrogen-bond donors (Lipinski definition) is 5. The highest BCUT2D eigenvalue weighted by atomic mass is 16.4. The van der Waals surface area contributed by atoms with Crippen molar-refractivity contribution in [2.45, 2.75) is 18.4 Å². The molecule has 0 aromatic heterocycles. The van der Waals surface area contributed by atoms with E-state index in [1.54, 1.807) is 55.5 Å². The molecule has 27 heavy (non-hydrogen) atoms. The third-order valence-electron chi connectivity index (χ3n) is 4.00. The zero-order valence-corrected chi connectivity index (χ0v) is 15.1. The molecule has 7 heteroatoms. The van der Waals surface area contributed by atoms with E-state index < -0.39 is 37.2 Å². The smallest absolute Gasteiger partial charge is 0.310 e. The van der Waals surface area contributed by atoms with Gasteiger partial charge in [0.05, 0.1) is 31.3 Å². The average Bonchev–Trinajstić information content (AvgIpc) is 2.73. The molecule has 7 nitrogen and oxygen atoms in total. The summed E-state index contributed by atoms with van der Waals surface area (Å²) in [6.45, 7) is 0.397. The highest BCUT2D eigenvalue weighted by Gasteiger charge is 2.20. The number of carboxylic acids is 1. The minimum atomic E-state index is -1.21. The molecule has 0 fully saturated rings. The average molecular weight is 375 g/mol. The predicted octanol–water partition coefficient (Wildman–Crippen LogP) is 0.766. The van der Waals surface area contributed by atoms with E-state index in [4.69, 9.17) is 26.2 Å². The maximum atomic E-state index is 12.2. The van der Waals surface area contributed by atoms with Gasteiger partial charge in [-0.1, -0.05) is 48.5 Å². The normalized spacial score (nSPS) is 11.9. The molecule has 2 aromatic carbocycles. The predicted molar refractivity (Wildman–Crippen MR) is 101 cm³/mol. The molecule has 146 valence electrons. The Morgan fingerprint density at radius 1 is 0.926 bits per heavy atom. The van der Waals surface area contributed by atoms with Crippen LogP contribution in [0.2, 0.25) is 0 Å². The second kappa shape index (κ2) is 10.5. The monoisotopic (exact) mass is 375 g/mol. The number of aliphatic hydroxyl groups is 3. The zero-order valence-electron chi connectivity index (χ0n) is 15.1. The van der Waals surface area contributed by atoms with Crippen LogP contribution in [0.5, 0.6) is 0 Å². The van der Waals surface area contributed by atoms with Crippen molar-refractivity contribution in [2.24, 2.45) is 5.73 Å². The molecule has 0 aliphatic rings. The molecule has 2 rings (SSSR count). The molecule has 0 spiro atoms. The van der Waals surface area contributed by atoms with Crippen LogP contribution >= 0.6 is 0 Å². The van der Waals surface area contributed by atoms with Gasteiger partial charge in [0.15, 0.2) is 5.78 Å². The molecule has 0 amide bonds. The summed E-state index contributed by atoms with van der Waals surface area (Å²) in [6, 6.07) is 15.7. The molecule has 0 aliphatic heterocycles. The highest BCUT2D eigenvalue weighted by Crippen LogP contribution is 2.18. The Morgan fingerprint density at radius 3 is 1.89 bits per heavy atom. The fourth-order valence-electron chi connectivity index (χ4n) is 2.00. The van der Waals surface area contributed by atoms with Gasteiger partial charge in [-0.15, -0.1) is 0 Å². The molecular weight excluding hydrogens is 350 g/mol. The van der Waals surface area contributed by atoms with Crippen LogP contribution in [0.1, 0.15) is 34.3 Å². The molecule has 0 radical (unpaired) electrons. The van der Waals surface area contributed by atoms with Crippen LogP contribution in [-0.4, -0.2) is 57.5 Å². The number of aliphatic carboxylic acids is 1. The number of carboxylic acid groups (broad SMARTS) is 1. The largest absolute Gasteiger partial charge is 0.481 e. The van der Waals surface area contributed by atoms with Crippen LogP contribution < -0.4 is 5.73 Å². The summed E-state index contributed by atoms with van der Waals surface area (Å²) >= 11 is 0. The number of hydrogen-bond acceptors (Lipinski definition) is 6. The summed E-state index contributed by atoms with van der Waals surface area (Å²) in [5.74, 6) is -1.62. The summed E-state index contributed by atoms with van der Waals surface area (Å²) in [4.78, 5) is 23.2. The van der Waals surface area contributed by atoms with Gasteiger partial charge in [0, 0.05) is 11.1 Å². The van der Waals surface area contributed by atoms with Crippen molar-refractivity contribution in [2.75, 3.05) is 19.8 Å². The number of benzene rings is 2. The molecule has 6 N–H and O–H groups in total. The van der Waals surface area contributed by atoms with Gasteiger partial charge in [0.2, 0.25) is 0 Å². The van der Waals surface area contributed by atoms with Crippen LogP contribution in [0.4, 0.5) is 0 Å². The summed E-state index contributed by atoms with van der Waals surface area (Å²) in [5.41, 5.74) is 5.68. The first-order valence-electron chi connectivity index (χ1n) is 8.32. The Hall–Kier alpha value is -2.58. The number of nitrogens with two attached hydrogens (primary N) is 1. The Balaban J connectivity index is 0.000000387. The lowest BCUT2D eigenvalue weighted by molar-refractivity contribution is -0.138. The second-order valence-corrected chi connectivity index (χ2v) is 6.22. The van der Waals surface area contributed by atoms with Gasteiger partial charge in [-0.3, -0.25) is 9.59 Å². The van der Waals surface area contributed by atoms with Crippen LogP contribution in [-0.2, 0) is 4.79 Å². The van der Waals surface area contributed by atoms with E-state index in [0.717, 1.165) is 0 Å². The first-order valence-corrected chi connectivity index (χ1v) is 8.32. The van der Waals surface area contributed by atoms with Gasteiger partial charge in [0.25, 0.3) is 0 Å². The number of carbonyl (C=O) groups excluding carboxylic acids is 1. The number of aliphatic hydroxyl groups excluding tert-OH is 3. The Bertz CT molecular complexity index is 735. The lowest BCUT2D eigenvalue weighted by atomic mass is 9.96. The van der Waals surface area contributed by atoms with Gasteiger partial charge in [-0.2, -0.15) is 0 Å². The summed E-state index contributed by atoms with van der Waals surface area (Å²) < 4.78 is 0. The summed E-state index contributed by atoms with van der Waals surface area (Å²) in [5, 5.41) is 34.0. The van der Waals surface area contributed by atoms with Crippen molar-refractivity contribution in [3.8, 4) is 0 Å². The van der Waals surface area contributed by atoms with Gasteiger partial charge in [-0.25, -0.2) is 0 Å². The maximum Gasteiger partial charge on any atom is 0.310 e. The molecule has 2 aromatic rings. The Labute approximate surface area is 157 Å². The molecular formula is C20H25NO6. The maximum absolute atomic E-state index is 12.2. The lowest BCUT2D eigenvalue weighted by Gasteiger charge is -2.20. The van der Waals surface area contributed by atoms with Crippen LogP contribution in [0.3, 0.4) is 0 Å². The van der Waals surface area contributed by atoms with Gasteiger partial charge in [-0.05, 0) is 18.6 Å². The quantitative estimate of drug-likeness (QED) is 0.450. The van der Waals surface area contributed by atoms with Gasteiger partial charge >= 0.3 is 5.97 Å². The topological polar surface area (TPSA) is 141 Å².